The molecule has 10 nitrogen and oxygen atoms in total. The summed E-state index contributed by atoms with van der Waals surface area (Å²) in [5.74, 6) is 0.239. The van der Waals surface area contributed by atoms with Gasteiger partial charge in [-0.3, -0.25) is 9.52 Å². The number of tetrazole rings is 1. The van der Waals surface area contributed by atoms with Gasteiger partial charge in [-0.15, -0.1) is 5.10 Å². The van der Waals surface area contributed by atoms with E-state index in [0.717, 1.165) is 18.4 Å². The minimum absolute atomic E-state index is 0.00168. The van der Waals surface area contributed by atoms with Crippen LogP contribution in [0.3, 0.4) is 0 Å². The Morgan fingerprint density at radius 2 is 2.04 bits per heavy atom. The molecule has 2 heterocycles. The van der Waals surface area contributed by atoms with Gasteiger partial charge in [-0.25, -0.2) is 13.1 Å². The van der Waals surface area contributed by atoms with Crippen molar-refractivity contribution in [3.63, 3.8) is 0 Å². The van der Waals surface area contributed by atoms with Crippen LogP contribution in [0.4, 0.5) is 5.69 Å². The molecule has 1 amide bonds. The topological polar surface area (TPSA) is 124 Å². The number of nitrogens with zero attached hydrogens (tertiary/aromatic N) is 5. The highest BCUT2D eigenvalue weighted by Gasteiger charge is 2.28. The largest absolute Gasteiger partial charge is 0.354 e. The van der Waals surface area contributed by atoms with Crippen molar-refractivity contribution >= 4 is 21.6 Å². The lowest BCUT2D eigenvalue weighted by atomic mass is 10.2. The lowest BCUT2D eigenvalue weighted by molar-refractivity contribution is 0.0955. The first-order valence-electron chi connectivity index (χ1n) is 8.68. The molecule has 1 aliphatic rings. The number of sulfonamides is 1. The molecule has 0 radical (unpaired) electrons. The summed E-state index contributed by atoms with van der Waals surface area (Å²) < 4.78 is 31.3. The van der Waals surface area contributed by atoms with Gasteiger partial charge < -0.3 is 9.88 Å². The van der Waals surface area contributed by atoms with Crippen LogP contribution in [0.15, 0.2) is 41.4 Å². The van der Waals surface area contributed by atoms with E-state index in [1.807, 2.05) is 6.07 Å². The number of anilines is 1. The third kappa shape index (κ3) is 3.36. The molecule has 146 valence electrons. The van der Waals surface area contributed by atoms with Crippen LogP contribution in [0.2, 0.25) is 0 Å². The molecule has 1 saturated carbocycles. The van der Waals surface area contributed by atoms with E-state index in [0.29, 0.717) is 17.6 Å². The molecule has 0 atom stereocenters. The minimum atomic E-state index is -3.87. The molecule has 11 heteroatoms. The molecule has 1 aromatic carbocycles. The maximum atomic E-state index is 12.8. The second-order valence-electron chi connectivity index (χ2n) is 6.62. The number of amides is 1. The van der Waals surface area contributed by atoms with E-state index in [4.69, 9.17) is 0 Å². The van der Waals surface area contributed by atoms with E-state index in [9.17, 15) is 13.2 Å². The van der Waals surface area contributed by atoms with Crippen LogP contribution in [0.1, 0.15) is 29.4 Å². The Bertz CT molecular complexity index is 1150. The number of nitrogens with one attached hydrogen (secondary N) is 2. The van der Waals surface area contributed by atoms with Crippen LogP contribution < -0.4 is 10.0 Å². The third-order valence-electron chi connectivity index (χ3n) is 4.51. The van der Waals surface area contributed by atoms with Crippen LogP contribution in [-0.4, -0.2) is 46.1 Å². The standard InChI is InChI=1S/C17H19N7O3S/c1-18-17(25)15-9-14(10-23(15)2)28(26,27)20-12-5-3-4-11(8-12)16-19-21-22-24(16)13-6-7-13/h3-5,8-10,13,20H,6-7H2,1-2H3,(H,18,25). The average Bonchev–Trinajstić information content (AvgIpc) is 3.25. The number of carbonyl (C=O) groups is 1. The molecule has 0 saturated heterocycles. The number of carbonyl (C=O) groups excluding carboxylic acids is 1. The lowest BCUT2D eigenvalue weighted by Gasteiger charge is -2.08. The Labute approximate surface area is 161 Å². The highest BCUT2D eigenvalue weighted by molar-refractivity contribution is 7.92. The SMILES string of the molecule is CNC(=O)c1cc(S(=O)(=O)Nc2cccc(-c3nnnn3C3CC3)c2)cn1C. The zero-order valence-corrected chi connectivity index (χ0v) is 16.1. The molecule has 0 aliphatic heterocycles. The number of benzene rings is 1. The van der Waals surface area contributed by atoms with Gasteiger partial charge in [-0.1, -0.05) is 12.1 Å². The van der Waals surface area contributed by atoms with Gasteiger partial charge in [0.05, 0.1) is 6.04 Å². The number of rotatable bonds is 6. The summed E-state index contributed by atoms with van der Waals surface area (Å²) in [5.41, 5.74) is 1.35. The molecule has 0 unspecified atom stereocenters. The van der Waals surface area contributed by atoms with Gasteiger partial charge in [0.25, 0.3) is 15.9 Å². The van der Waals surface area contributed by atoms with E-state index in [-0.39, 0.29) is 16.5 Å². The van der Waals surface area contributed by atoms with Crippen LogP contribution in [0.5, 0.6) is 0 Å². The monoisotopic (exact) mass is 401 g/mol. The van der Waals surface area contributed by atoms with Gasteiger partial charge in [0, 0.05) is 31.5 Å². The van der Waals surface area contributed by atoms with Crippen molar-refractivity contribution in [2.75, 3.05) is 11.8 Å². The Morgan fingerprint density at radius 3 is 2.75 bits per heavy atom. The molecule has 2 N–H and O–H groups in total. The Kier molecular flexibility index (Phi) is 4.38. The Morgan fingerprint density at radius 1 is 1.25 bits per heavy atom. The normalized spacial score (nSPS) is 14.1. The average molecular weight is 401 g/mol. The van der Waals surface area contributed by atoms with Crippen molar-refractivity contribution in [3.05, 3.63) is 42.2 Å². The molecule has 0 bridgehead atoms. The van der Waals surface area contributed by atoms with Crippen molar-refractivity contribution in [2.45, 2.75) is 23.8 Å². The van der Waals surface area contributed by atoms with Gasteiger partial charge in [0.2, 0.25) is 0 Å². The number of aromatic nitrogens is 5. The van der Waals surface area contributed by atoms with Crippen molar-refractivity contribution in [1.29, 1.82) is 0 Å². The highest BCUT2D eigenvalue weighted by atomic mass is 32.2. The van der Waals surface area contributed by atoms with Crippen molar-refractivity contribution in [3.8, 4) is 11.4 Å². The van der Waals surface area contributed by atoms with Crippen molar-refractivity contribution in [2.24, 2.45) is 7.05 Å². The fourth-order valence-corrected chi connectivity index (χ4v) is 4.04. The van der Waals surface area contributed by atoms with E-state index in [1.165, 1.54) is 23.9 Å². The Balaban J connectivity index is 1.62. The van der Waals surface area contributed by atoms with Gasteiger partial charge in [-0.2, -0.15) is 0 Å². The Hall–Kier alpha value is -3.21. The van der Waals surface area contributed by atoms with E-state index in [1.54, 1.807) is 29.9 Å². The first-order valence-corrected chi connectivity index (χ1v) is 10.2. The molecule has 2 aromatic heterocycles. The second kappa shape index (κ2) is 6.75. The summed E-state index contributed by atoms with van der Waals surface area (Å²) in [5, 5.41) is 14.3. The van der Waals surface area contributed by atoms with Crippen LogP contribution in [-0.2, 0) is 17.1 Å². The molecule has 3 aromatic rings. The van der Waals surface area contributed by atoms with Crippen molar-refractivity contribution < 1.29 is 13.2 Å². The molecule has 1 fully saturated rings. The number of hydrogen-bond acceptors (Lipinski definition) is 6. The van der Waals surface area contributed by atoms with Crippen molar-refractivity contribution in [1.82, 2.24) is 30.1 Å². The summed E-state index contributed by atoms with van der Waals surface area (Å²) in [6.07, 6.45) is 3.46. The molecular weight excluding hydrogens is 382 g/mol. The number of hydrogen-bond donors (Lipinski definition) is 2. The summed E-state index contributed by atoms with van der Waals surface area (Å²) in [7, 11) is -0.764. The molecular formula is C17H19N7O3S. The second-order valence-corrected chi connectivity index (χ2v) is 8.30. The van der Waals surface area contributed by atoms with E-state index in [2.05, 4.69) is 25.6 Å². The quantitative estimate of drug-likeness (QED) is 0.639. The first-order chi connectivity index (χ1) is 13.4. The summed E-state index contributed by atoms with van der Waals surface area (Å²) >= 11 is 0. The van der Waals surface area contributed by atoms with Gasteiger partial charge in [-0.05, 0) is 41.5 Å². The summed E-state index contributed by atoms with van der Waals surface area (Å²) in [4.78, 5) is 11.8. The smallest absolute Gasteiger partial charge is 0.267 e. The fourth-order valence-electron chi connectivity index (χ4n) is 2.92. The van der Waals surface area contributed by atoms with Crippen LogP contribution in [0, 0.1) is 0 Å². The first kappa shape index (κ1) is 18.2. The predicted molar refractivity (Wildman–Crippen MR) is 101 cm³/mol. The van der Waals surface area contributed by atoms with E-state index >= 15 is 0 Å². The molecule has 28 heavy (non-hydrogen) atoms. The summed E-state index contributed by atoms with van der Waals surface area (Å²) in [6, 6.07) is 8.53. The zero-order valence-electron chi connectivity index (χ0n) is 15.3. The maximum absolute atomic E-state index is 12.8. The minimum Gasteiger partial charge on any atom is -0.354 e. The zero-order chi connectivity index (χ0) is 19.9. The molecule has 1 aliphatic carbocycles. The third-order valence-corrected chi connectivity index (χ3v) is 5.86. The predicted octanol–water partition coefficient (Wildman–Crippen LogP) is 1.17. The van der Waals surface area contributed by atoms with Gasteiger partial charge >= 0.3 is 0 Å². The van der Waals surface area contributed by atoms with E-state index < -0.39 is 10.0 Å². The molecule has 0 spiro atoms. The lowest BCUT2D eigenvalue weighted by Crippen LogP contribution is -2.20. The highest BCUT2D eigenvalue weighted by Crippen LogP contribution is 2.36. The number of aryl methyl sites for hydroxylation is 1. The fraction of sp³-hybridized carbons (Fsp3) is 0.294. The summed E-state index contributed by atoms with van der Waals surface area (Å²) in [6.45, 7) is 0. The molecule has 4 rings (SSSR count). The van der Waals surface area contributed by atoms with Crippen LogP contribution >= 0.6 is 0 Å². The van der Waals surface area contributed by atoms with Gasteiger partial charge in [0.1, 0.15) is 10.6 Å². The van der Waals surface area contributed by atoms with Crippen LogP contribution in [0.25, 0.3) is 11.4 Å². The maximum Gasteiger partial charge on any atom is 0.267 e. The van der Waals surface area contributed by atoms with Gasteiger partial charge in [0.15, 0.2) is 5.82 Å².